The molecule has 0 radical (unpaired) electrons. The fourth-order valence-corrected chi connectivity index (χ4v) is 3.22. The maximum absolute atomic E-state index is 12.5. The van der Waals surface area contributed by atoms with E-state index in [-0.39, 0.29) is 23.1 Å². The van der Waals surface area contributed by atoms with E-state index < -0.39 is 5.97 Å². The molecule has 0 heterocycles. The Labute approximate surface area is 204 Å². The molecule has 34 heavy (non-hydrogen) atoms. The second-order valence-electron chi connectivity index (χ2n) is 7.92. The van der Waals surface area contributed by atoms with Crippen molar-refractivity contribution in [1.29, 1.82) is 0 Å². The highest BCUT2D eigenvalue weighted by atomic mass is 16.4. The van der Waals surface area contributed by atoms with E-state index in [1.165, 1.54) is 18.2 Å². The Kier molecular flexibility index (Phi) is 15.3. The van der Waals surface area contributed by atoms with Crippen molar-refractivity contribution < 1.29 is 19.8 Å². The van der Waals surface area contributed by atoms with E-state index in [4.69, 9.17) is 5.11 Å². The predicted octanol–water partition coefficient (Wildman–Crippen LogP) is 7.59. The summed E-state index contributed by atoms with van der Waals surface area (Å²) >= 11 is 0. The number of nitrogens with one attached hydrogen (secondary N) is 1. The van der Waals surface area contributed by atoms with Crippen LogP contribution in [0.2, 0.25) is 0 Å². The summed E-state index contributed by atoms with van der Waals surface area (Å²) in [5.41, 5.74) is 0.137. The molecule has 0 aliphatic heterocycles. The molecule has 0 spiro atoms. The van der Waals surface area contributed by atoms with Gasteiger partial charge in [0.15, 0.2) is 0 Å². The van der Waals surface area contributed by atoms with E-state index >= 15 is 0 Å². The number of allylic oxidation sites excluding steroid dienone is 10. The molecule has 5 heteroatoms. The van der Waals surface area contributed by atoms with Crippen molar-refractivity contribution in [1.82, 2.24) is 0 Å². The van der Waals surface area contributed by atoms with E-state index in [0.29, 0.717) is 12.1 Å². The molecule has 1 aromatic carbocycles. The van der Waals surface area contributed by atoms with Crippen molar-refractivity contribution in [2.24, 2.45) is 5.92 Å². The lowest BCUT2D eigenvalue weighted by Crippen LogP contribution is -2.22. The molecular formula is C29H39NO4. The summed E-state index contributed by atoms with van der Waals surface area (Å²) in [6, 6.07) is 4.04. The van der Waals surface area contributed by atoms with Gasteiger partial charge < -0.3 is 15.5 Å². The highest BCUT2D eigenvalue weighted by molar-refractivity contribution is 5.96. The van der Waals surface area contributed by atoms with Crippen LogP contribution in [0.25, 0.3) is 0 Å². The number of amides is 1. The zero-order chi connectivity index (χ0) is 25.0. The Balaban J connectivity index is 2.28. The highest BCUT2D eigenvalue weighted by Crippen LogP contribution is 2.23. The summed E-state index contributed by atoms with van der Waals surface area (Å²) in [5.74, 6) is -1.86. The van der Waals surface area contributed by atoms with Crippen molar-refractivity contribution in [3.8, 4) is 5.75 Å². The van der Waals surface area contributed by atoms with E-state index in [0.717, 1.165) is 44.9 Å². The Morgan fingerprint density at radius 1 is 0.853 bits per heavy atom. The smallest absolute Gasteiger partial charge is 0.339 e. The maximum Gasteiger partial charge on any atom is 0.339 e. The van der Waals surface area contributed by atoms with Crippen LogP contribution < -0.4 is 5.32 Å². The lowest BCUT2D eigenvalue weighted by molar-refractivity contribution is -0.120. The third kappa shape index (κ3) is 12.6. The Hall–Kier alpha value is -3.34. The lowest BCUT2D eigenvalue weighted by Gasteiger charge is -2.14. The summed E-state index contributed by atoms with van der Waals surface area (Å²) in [5, 5.41) is 21.4. The number of anilines is 1. The number of hydrogen-bond acceptors (Lipinski definition) is 3. The van der Waals surface area contributed by atoms with Crippen molar-refractivity contribution in [2.75, 3.05) is 5.32 Å². The molecule has 1 aromatic rings. The summed E-state index contributed by atoms with van der Waals surface area (Å²) in [6.45, 7) is 4.10. The molecule has 0 aliphatic rings. The van der Waals surface area contributed by atoms with Crippen LogP contribution in [0.15, 0.2) is 79.0 Å². The van der Waals surface area contributed by atoms with Crippen molar-refractivity contribution in [2.45, 2.75) is 65.2 Å². The second kappa shape index (κ2) is 18.1. The van der Waals surface area contributed by atoms with Crippen molar-refractivity contribution in [3.05, 3.63) is 84.5 Å². The Morgan fingerprint density at radius 3 is 1.88 bits per heavy atom. The summed E-state index contributed by atoms with van der Waals surface area (Å²) in [7, 11) is 0. The van der Waals surface area contributed by atoms with E-state index in [1.54, 1.807) is 0 Å². The van der Waals surface area contributed by atoms with Crippen LogP contribution in [0.3, 0.4) is 0 Å². The third-order valence-corrected chi connectivity index (χ3v) is 5.20. The quantitative estimate of drug-likeness (QED) is 0.173. The maximum atomic E-state index is 12.5. The first-order chi connectivity index (χ1) is 16.5. The average Bonchev–Trinajstić information content (AvgIpc) is 2.82. The van der Waals surface area contributed by atoms with Gasteiger partial charge >= 0.3 is 5.97 Å². The van der Waals surface area contributed by atoms with Crippen LogP contribution in [-0.2, 0) is 4.79 Å². The highest BCUT2D eigenvalue weighted by Gasteiger charge is 2.17. The van der Waals surface area contributed by atoms with Gasteiger partial charge in [0, 0.05) is 11.6 Å². The molecule has 3 N–H and O–H groups in total. The Morgan fingerprint density at radius 2 is 1.38 bits per heavy atom. The number of carbonyl (C=O) groups excluding carboxylic acids is 1. The number of benzene rings is 1. The minimum Gasteiger partial charge on any atom is -0.507 e. The van der Waals surface area contributed by atoms with Gasteiger partial charge in [-0.15, -0.1) is 0 Å². The molecule has 5 nitrogen and oxygen atoms in total. The molecule has 0 saturated carbocycles. The first kappa shape index (κ1) is 28.7. The first-order valence-electron chi connectivity index (χ1n) is 12.1. The van der Waals surface area contributed by atoms with Crippen LogP contribution in [0, 0.1) is 5.92 Å². The molecule has 0 aromatic heterocycles. The minimum atomic E-state index is -1.24. The van der Waals surface area contributed by atoms with Crippen LogP contribution in [0.1, 0.15) is 75.6 Å². The van der Waals surface area contributed by atoms with Gasteiger partial charge in [0.05, 0.1) is 0 Å². The van der Waals surface area contributed by atoms with Crippen LogP contribution in [0.4, 0.5) is 5.69 Å². The molecule has 1 rings (SSSR count). The van der Waals surface area contributed by atoms with E-state index in [2.05, 4.69) is 73.0 Å². The van der Waals surface area contributed by atoms with Crippen LogP contribution >= 0.6 is 0 Å². The molecular weight excluding hydrogens is 426 g/mol. The van der Waals surface area contributed by atoms with E-state index in [9.17, 15) is 14.7 Å². The van der Waals surface area contributed by atoms with Crippen LogP contribution in [-0.4, -0.2) is 22.1 Å². The van der Waals surface area contributed by atoms with Gasteiger partial charge in [-0.3, -0.25) is 4.79 Å². The molecule has 1 atom stereocenters. The zero-order valence-electron chi connectivity index (χ0n) is 20.5. The van der Waals surface area contributed by atoms with Crippen molar-refractivity contribution >= 4 is 17.6 Å². The number of carboxylic acids is 1. The van der Waals surface area contributed by atoms with Gasteiger partial charge in [0.2, 0.25) is 5.91 Å². The normalized spacial score (nSPS) is 13.1. The summed E-state index contributed by atoms with van der Waals surface area (Å²) in [6.07, 6.45) is 28.6. The molecule has 0 aliphatic carbocycles. The summed E-state index contributed by atoms with van der Waals surface area (Å²) < 4.78 is 0. The number of phenols is 1. The number of rotatable bonds is 16. The van der Waals surface area contributed by atoms with Gasteiger partial charge in [-0.05, 0) is 69.6 Å². The van der Waals surface area contributed by atoms with E-state index in [1.807, 2.05) is 6.92 Å². The van der Waals surface area contributed by atoms with Crippen LogP contribution in [0.5, 0.6) is 5.75 Å². The largest absolute Gasteiger partial charge is 0.507 e. The lowest BCUT2D eigenvalue weighted by atomic mass is 9.99. The molecule has 0 fully saturated rings. The fraction of sp³-hybridized carbons (Fsp3) is 0.379. The molecule has 1 amide bonds. The average molecular weight is 466 g/mol. The zero-order valence-corrected chi connectivity index (χ0v) is 20.5. The van der Waals surface area contributed by atoms with Gasteiger partial charge in [0.1, 0.15) is 11.3 Å². The number of hydrogen-bond donors (Lipinski definition) is 3. The number of aromatic carboxylic acids is 1. The van der Waals surface area contributed by atoms with Gasteiger partial charge in [-0.2, -0.15) is 0 Å². The molecule has 1 unspecified atom stereocenters. The molecule has 184 valence electrons. The number of carbonyl (C=O) groups is 2. The summed E-state index contributed by atoms with van der Waals surface area (Å²) in [4.78, 5) is 23.7. The first-order valence-corrected chi connectivity index (χ1v) is 12.1. The standard InChI is InChI=1S/C29H39NO4/c1-3-5-6-7-8-9-10-11-12-13-14-15-16-17-18-19-20-24(4-2)28(32)30-25-21-22-27(31)26(23-25)29(33)34/h5-6,8-9,11-12,14-15,17-18,21-24,31H,3-4,7,10,13,16,19-20H2,1-2H3,(H,30,32)(H,33,34)/b6-5-,9-8-,12-11-,15-14-,18-17-. The SMILES string of the molecule is CC/C=C\C/C=C\C/C=C\C/C=C\C/C=C\CCC(CC)C(=O)Nc1ccc(O)c(C(=O)O)c1. The molecule has 0 bridgehead atoms. The van der Waals surface area contributed by atoms with Gasteiger partial charge in [0.25, 0.3) is 0 Å². The number of carboxylic acid groups (broad SMARTS) is 1. The van der Waals surface area contributed by atoms with Gasteiger partial charge in [-0.25, -0.2) is 4.79 Å². The third-order valence-electron chi connectivity index (χ3n) is 5.20. The van der Waals surface area contributed by atoms with Gasteiger partial charge in [-0.1, -0.05) is 74.6 Å². The fourth-order valence-electron chi connectivity index (χ4n) is 3.22. The second-order valence-corrected chi connectivity index (χ2v) is 7.92. The Bertz CT molecular complexity index is 893. The number of aromatic hydroxyl groups is 1. The topological polar surface area (TPSA) is 86.6 Å². The van der Waals surface area contributed by atoms with Crippen molar-refractivity contribution in [3.63, 3.8) is 0 Å². The monoisotopic (exact) mass is 465 g/mol. The predicted molar refractivity (Wildman–Crippen MR) is 141 cm³/mol. The molecule has 0 saturated heterocycles. The minimum absolute atomic E-state index is 0.142.